The van der Waals surface area contributed by atoms with Crippen LogP contribution in [0.25, 0.3) is 10.9 Å². The number of piperazine rings is 1. The Morgan fingerprint density at radius 3 is 2.34 bits per heavy atom. The standard InChI is InChI=1S/C26H29N3O3/c1-4-32-26(31)25-18(2)22-7-5-6-8-23(22)27-24(25)17-28-13-15-29(16-14-28)21-11-9-20(10-12-21)19(3)30/h5-12H,4,13-17H2,1-3H3. The summed E-state index contributed by atoms with van der Waals surface area (Å²) in [6, 6.07) is 15.7. The van der Waals surface area contributed by atoms with Crippen molar-refractivity contribution in [1.82, 2.24) is 9.88 Å². The summed E-state index contributed by atoms with van der Waals surface area (Å²) in [4.78, 5) is 33.8. The number of para-hydroxylation sites is 1. The molecule has 166 valence electrons. The Morgan fingerprint density at radius 2 is 1.69 bits per heavy atom. The zero-order valence-electron chi connectivity index (χ0n) is 18.9. The van der Waals surface area contributed by atoms with Crippen molar-refractivity contribution in [2.24, 2.45) is 0 Å². The Labute approximate surface area is 188 Å². The molecule has 0 bridgehead atoms. The number of ether oxygens (including phenoxy) is 1. The van der Waals surface area contributed by atoms with E-state index in [1.165, 1.54) is 0 Å². The number of aryl methyl sites for hydroxylation is 1. The molecule has 32 heavy (non-hydrogen) atoms. The van der Waals surface area contributed by atoms with Crippen LogP contribution >= 0.6 is 0 Å². The first-order valence-electron chi connectivity index (χ1n) is 11.1. The number of ketones is 1. The largest absolute Gasteiger partial charge is 0.462 e. The number of hydrogen-bond donors (Lipinski definition) is 0. The lowest BCUT2D eigenvalue weighted by Gasteiger charge is -2.36. The van der Waals surface area contributed by atoms with Crippen LogP contribution in [0.4, 0.5) is 5.69 Å². The fourth-order valence-corrected chi connectivity index (χ4v) is 4.31. The Balaban J connectivity index is 1.52. The summed E-state index contributed by atoms with van der Waals surface area (Å²) < 4.78 is 5.36. The molecule has 0 spiro atoms. The number of carbonyl (C=O) groups excluding carboxylic acids is 2. The van der Waals surface area contributed by atoms with Crippen LogP contribution in [0.5, 0.6) is 0 Å². The molecule has 0 aliphatic carbocycles. The minimum Gasteiger partial charge on any atom is -0.462 e. The van der Waals surface area contributed by atoms with E-state index in [0.29, 0.717) is 18.7 Å². The number of rotatable bonds is 6. The van der Waals surface area contributed by atoms with Gasteiger partial charge in [-0.2, -0.15) is 0 Å². The number of fused-ring (bicyclic) bond motifs is 1. The first kappa shape index (κ1) is 22.0. The summed E-state index contributed by atoms with van der Waals surface area (Å²) in [5.41, 5.74) is 5.05. The van der Waals surface area contributed by atoms with Crippen molar-refractivity contribution in [3.8, 4) is 0 Å². The van der Waals surface area contributed by atoms with Crippen LogP contribution in [0.2, 0.25) is 0 Å². The number of carbonyl (C=O) groups is 2. The predicted octanol–water partition coefficient (Wildman–Crippen LogP) is 4.24. The van der Waals surface area contributed by atoms with Gasteiger partial charge in [0.2, 0.25) is 0 Å². The molecule has 1 aliphatic heterocycles. The van der Waals surface area contributed by atoms with Gasteiger partial charge in [0, 0.05) is 49.4 Å². The molecule has 0 radical (unpaired) electrons. The van der Waals surface area contributed by atoms with Gasteiger partial charge in [0.15, 0.2) is 5.78 Å². The van der Waals surface area contributed by atoms with Crippen LogP contribution in [0.15, 0.2) is 48.5 Å². The maximum atomic E-state index is 12.8. The molecule has 1 aromatic heterocycles. The van der Waals surface area contributed by atoms with E-state index in [-0.39, 0.29) is 11.8 Å². The number of nitrogens with zero attached hydrogens (tertiary/aromatic N) is 3. The molecule has 0 N–H and O–H groups in total. The lowest BCUT2D eigenvalue weighted by molar-refractivity contribution is 0.0522. The van der Waals surface area contributed by atoms with Crippen LogP contribution in [-0.2, 0) is 11.3 Å². The van der Waals surface area contributed by atoms with Crippen LogP contribution in [0.3, 0.4) is 0 Å². The van der Waals surface area contributed by atoms with Gasteiger partial charge in [0.05, 0.1) is 23.4 Å². The van der Waals surface area contributed by atoms with Crippen molar-refractivity contribution in [2.75, 3.05) is 37.7 Å². The normalized spacial score (nSPS) is 14.5. The lowest BCUT2D eigenvalue weighted by Crippen LogP contribution is -2.46. The number of aromatic nitrogens is 1. The molecule has 6 nitrogen and oxygen atoms in total. The molecule has 6 heteroatoms. The summed E-state index contributed by atoms with van der Waals surface area (Å²) >= 11 is 0. The van der Waals surface area contributed by atoms with Gasteiger partial charge in [-0.1, -0.05) is 18.2 Å². The van der Waals surface area contributed by atoms with Gasteiger partial charge in [-0.05, 0) is 56.7 Å². The molecular weight excluding hydrogens is 402 g/mol. The SMILES string of the molecule is CCOC(=O)c1c(CN2CCN(c3ccc(C(C)=O)cc3)CC2)nc2ccccc2c1C. The predicted molar refractivity (Wildman–Crippen MR) is 126 cm³/mol. The molecule has 2 heterocycles. The van der Waals surface area contributed by atoms with Gasteiger partial charge in [-0.15, -0.1) is 0 Å². The number of pyridine rings is 1. The highest BCUT2D eigenvalue weighted by atomic mass is 16.5. The molecule has 4 rings (SSSR count). The quantitative estimate of drug-likeness (QED) is 0.430. The first-order valence-corrected chi connectivity index (χ1v) is 11.1. The fraction of sp³-hybridized carbons (Fsp3) is 0.346. The summed E-state index contributed by atoms with van der Waals surface area (Å²) in [6.07, 6.45) is 0. The second-order valence-electron chi connectivity index (χ2n) is 8.16. The minimum absolute atomic E-state index is 0.0805. The average molecular weight is 432 g/mol. The van der Waals surface area contributed by atoms with Gasteiger partial charge < -0.3 is 9.64 Å². The maximum Gasteiger partial charge on any atom is 0.340 e. The van der Waals surface area contributed by atoms with Gasteiger partial charge in [0.1, 0.15) is 0 Å². The molecule has 0 saturated carbocycles. The molecule has 3 aromatic rings. The summed E-state index contributed by atoms with van der Waals surface area (Å²) in [7, 11) is 0. The monoisotopic (exact) mass is 431 g/mol. The Bertz CT molecular complexity index is 1130. The van der Waals surface area contributed by atoms with Crippen molar-refractivity contribution >= 4 is 28.3 Å². The van der Waals surface area contributed by atoms with E-state index in [4.69, 9.17) is 9.72 Å². The van der Waals surface area contributed by atoms with Crippen LogP contribution in [0, 0.1) is 6.92 Å². The number of hydrogen-bond acceptors (Lipinski definition) is 6. The number of esters is 1. The van der Waals surface area contributed by atoms with E-state index in [9.17, 15) is 9.59 Å². The summed E-state index contributed by atoms with van der Waals surface area (Å²) in [5.74, 6) is -0.223. The smallest absolute Gasteiger partial charge is 0.340 e. The zero-order valence-corrected chi connectivity index (χ0v) is 18.9. The number of benzene rings is 2. The van der Waals surface area contributed by atoms with Gasteiger partial charge in [0.25, 0.3) is 0 Å². The molecule has 1 saturated heterocycles. The molecule has 0 unspecified atom stereocenters. The highest BCUT2D eigenvalue weighted by molar-refractivity contribution is 5.98. The molecule has 2 aromatic carbocycles. The van der Waals surface area contributed by atoms with E-state index in [1.54, 1.807) is 6.92 Å². The molecule has 1 aliphatic rings. The third-order valence-corrected chi connectivity index (χ3v) is 6.09. The number of Topliss-reactive ketones (excluding diaryl/α,β-unsaturated/α-hetero) is 1. The third kappa shape index (κ3) is 4.50. The van der Waals surface area contributed by atoms with Crippen LogP contribution < -0.4 is 4.90 Å². The zero-order chi connectivity index (χ0) is 22.7. The van der Waals surface area contributed by atoms with Crippen molar-refractivity contribution in [1.29, 1.82) is 0 Å². The fourth-order valence-electron chi connectivity index (χ4n) is 4.31. The van der Waals surface area contributed by atoms with E-state index < -0.39 is 0 Å². The van der Waals surface area contributed by atoms with E-state index >= 15 is 0 Å². The second kappa shape index (κ2) is 9.49. The topological polar surface area (TPSA) is 62.7 Å². The number of anilines is 1. The van der Waals surface area contributed by atoms with E-state index in [2.05, 4.69) is 9.80 Å². The second-order valence-corrected chi connectivity index (χ2v) is 8.16. The highest BCUT2D eigenvalue weighted by Crippen LogP contribution is 2.25. The van der Waals surface area contributed by atoms with Gasteiger partial charge >= 0.3 is 5.97 Å². The van der Waals surface area contributed by atoms with Gasteiger partial charge in [-0.25, -0.2) is 4.79 Å². The highest BCUT2D eigenvalue weighted by Gasteiger charge is 2.24. The van der Waals surface area contributed by atoms with Crippen LogP contribution in [-0.4, -0.2) is 54.4 Å². The molecule has 0 amide bonds. The lowest BCUT2D eigenvalue weighted by atomic mass is 10.0. The van der Waals surface area contributed by atoms with E-state index in [0.717, 1.165) is 59.6 Å². The van der Waals surface area contributed by atoms with Crippen molar-refractivity contribution in [3.63, 3.8) is 0 Å². The van der Waals surface area contributed by atoms with Crippen molar-refractivity contribution in [3.05, 3.63) is 70.9 Å². The third-order valence-electron chi connectivity index (χ3n) is 6.09. The summed E-state index contributed by atoms with van der Waals surface area (Å²) in [6.45, 7) is 9.81. The average Bonchev–Trinajstić information content (AvgIpc) is 2.80. The molecular formula is C26H29N3O3. The first-order chi connectivity index (χ1) is 15.5. The summed E-state index contributed by atoms with van der Waals surface area (Å²) in [5, 5.41) is 0.984. The van der Waals surface area contributed by atoms with Crippen molar-refractivity contribution < 1.29 is 14.3 Å². The van der Waals surface area contributed by atoms with Crippen LogP contribution in [0.1, 0.15) is 45.8 Å². The Morgan fingerprint density at radius 1 is 1.00 bits per heavy atom. The Kier molecular flexibility index (Phi) is 6.51. The minimum atomic E-state index is -0.303. The van der Waals surface area contributed by atoms with Gasteiger partial charge in [-0.3, -0.25) is 14.7 Å². The Hall–Kier alpha value is -3.25. The van der Waals surface area contributed by atoms with Crippen molar-refractivity contribution in [2.45, 2.75) is 27.3 Å². The van der Waals surface area contributed by atoms with E-state index in [1.807, 2.05) is 62.4 Å². The molecule has 1 fully saturated rings. The maximum absolute atomic E-state index is 12.8. The molecule has 0 atom stereocenters.